The van der Waals surface area contributed by atoms with E-state index in [2.05, 4.69) is 16.1 Å². The molecular formula is C26H24N4O2S. The lowest BCUT2D eigenvalue weighted by Gasteiger charge is -2.16. The molecule has 1 aliphatic heterocycles. The number of fused-ring (bicyclic) bond motifs is 1. The number of hydrogen-bond donors (Lipinski definition) is 0. The average molecular weight is 457 g/mol. The van der Waals surface area contributed by atoms with Crippen LogP contribution >= 0.6 is 12.2 Å². The van der Waals surface area contributed by atoms with E-state index in [0.29, 0.717) is 17.9 Å². The number of ether oxygens (including phenoxy) is 1. The average Bonchev–Trinajstić information content (AvgIpc) is 3.41. The molecule has 7 heteroatoms. The van der Waals surface area contributed by atoms with Gasteiger partial charge in [-0.3, -0.25) is 14.3 Å². The van der Waals surface area contributed by atoms with Crippen molar-refractivity contribution in [3.63, 3.8) is 0 Å². The largest absolute Gasteiger partial charge is 0.457 e. The third kappa shape index (κ3) is 3.96. The van der Waals surface area contributed by atoms with Crippen LogP contribution in [-0.2, 0) is 4.79 Å². The Labute approximate surface area is 197 Å². The van der Waals surface area contributed by atoms with E-state index in [1.807, 2.05) is 77.2 Å². The number of carbonyl (C=O) groups excluding carboxylic acids is 1. The quantitative estimate of drug-likeness (QED) is 0.289. The van der Waals surface area contributed by atoms with Crippen LogP contribution in [-0.4, -0.2) is 38.0 Å². The molecule has 1 fully saturated rings. The maximum Gasteiger partial charge on any atom is 0.246 e. The van der Waals surface area contributed by atoms with E-state index >= 15 is 0 Å². The van der Waals surface area contributed by atoms with Gasteiger partial charge in [-0.2, -0.15) is 0 Å². The van der Waals surface area contributed by atoms with Gasteiger partial charge in [0.1, 0.15) is 11.5 Å². The predicted octanol–water partition coefficient (Wildman–Crippen LogP) is 5.62. The summed E-state index contributed by atoms with van der Waals surface area (Å²) in [5.74, 6) is 1.52. The van der Waals surface area contributed by atoms with Crippen molar-refractivity contribution in [2.45, 2.75) is 19.4 Å². The van der Waals surface area contributed by atoms with Gasteiger partial charge in [0.05, 0.1) is 23.3 Å². The molecule has 1 aliphatic rings. The van der Waals surface area contributed by atoms with Crippen LogP contribution in [0.2, 0.25) is 0 Å². The van der Waals surface area contributed by atoms with Crippen LogP contribution in [0, 0.1) is 11.7 Å². The fourth-order valence-electron chi connectivity index (χ4n) is 4.43. The van der Waals surface area contributed by atoms with E-state index in [1.165, 1.54) is 6.08 Å². The lowest BCUT2D eigenvalue weighted by molar-refractivity contribution is -0.125. The van der Waals surface area contributed by atoms with Gasteiger partial charge in [0.25, 0.3) is 0 Å². The molecule has 0 bridgehead atoms. The first-order chi connectivity index (χ1) is 16.0. The highest BCUT2D eigenvalue weighted by Crippen LogP contribution is 2.31. The molecule has 4 aromatic rings. The standard InChI is InChI=1S/C26H24N4O2S/c1-3-25(31)28-14-12-20(17-28)30-23-11-13-27-16-24(23)29(26(30)33)19-7-9-21(10-8-19)32-22-6-4-5-18(2)15-22/h3-11,13,15-16,20H,1,12,14,17H2,2H3. The molecule has 0 radical (unpaired) electrons. The zero-order valence-corrected chi connectivity index (χ0v) is 19.2. The Morgan fingerprint density at radius 2 is 1.97 bits per heavy atom. The van der Waals surface area contributed by atoms with Gasteiger partial charge in [-0.05, 0) is 79.7 Å². The molecule has 0 aliphatic carbocycles. The molecule has 0 spiro atoms. The summed E-state index contributed by atoms with van der Waals surface area (Å²) < 4.78 is 10.9. The van der Waals surface area contributed by atoms with E-state index < -0.39 is 0 Å². The number of likely N-dealkylation sites (tertiary alicyclic amines) is 1. The second-order valence-corrected chi connectivity index (χ2v) is 8.56. The highest BCUT2D eigenvalue weighted by Gasteiger charge is 2.28. The van der Waals surface area contributed by atoms with Crippen molar-refractivity contribution in [1.82, 2.24) is 19.0 Å². The number of imidazole rings is 1. The normalized spacial score (nSPS) is 15.7. The highest BCUT2D eigenvalue weighted by molar-refractivity contribution is 7.71. The van der Waals surface area contributed by atoms with Gasteiger partial charge < -0.3 is 14.2 Å². The molecule has 1 amide bonds. The zero-order valence-electron chi connectivity index (χ0n) is 18.3. The Kier molecular flexibility index (Phi) is 5.56. The summed E-state index contributed by atoms with van der Waals surface area (Å²) in [6, 6.07) is 17.9. The maximum absolute atomic E-state index is 12.1. The minimum Gasteiger partial charge on any atom is -0.457 e. The SMILES string of the molecule is C=CC(=O)N1CCC(n2c(=S)n(-c3ccc(Oc4cccc(C)c4)cc3)c3cnccc32)C1. The minimum absolute atomic E-state index is 0.0429. The molecule has 1 saturated heterocycles. The highest BCUT2D eigenvalue weighted by atomic mass is 32.1. The Hall–Kier alpha value is -3.71. The van der Waals surface area contributed by atoms with Crippen LogP contribution in [0.15, 0.2) is 79.6 Å². The van der Waals surface area contributed by atoms with Crippen molar-refractivity contribution < 1.29 is 9.53 Å². The number of benzene rings is 2. The lowest BCUT2D eigenvalue weighted by atomic mass is 10.2. The van der Waals surface area contributed by atoms with Gasteiger partial charge in [0.2, 0.25) is 5.91 Å². The summed E-state index contributed by atoms with van der Waals surface area (Å²) in [5, 5.41) is 0. The lowest BCUT2D eigenvalue weighted by Crippen LogP contribution is -2.27. The van der Waals surface area contributed by atoms with Gasteiger partial charge in [-0.25, -0.2) is 0 Å². The Morgan fingerprint density at radius 1 is 1.15 bits per heavy atom. The fraction of sp³-hybridized carbons (Fsp3) is 0.192. The molecule has 2 aromatic carbocycles. The Morgan fingerprint density at radius 3 is 2.73 bits per heavy atom. The molecule has 166 valence electrons. The van der Waals surface area contributed by atoms with Crippen molar-refractivity contribution in [3.05, 3.63) is 90.0 Å². The number of nitrogens with zero attached hydrogens (tertiary/aromatic N) is 4. The first-order valence-electron chi connectivity index (χ1n) is 10.9. The third-order valence-corrected chi connectivity index (χ3v) is 6.39. The second kappa shape index (κ2) is 8.67. The predicted molar refractivity (Wildman–Crippen MR) is 132 cm³/mol. The van der Waals surface area contributed by atoms with Gasteiger partial charge in [0.15, 0.2) is 4.77 Å². The van der Waals surface area contributed by atoms with Crippen LogP contribution in [0.25, 0.3) is 16.7 Å². The molecule has 6 nitrogen and oxygen atoms in total. The van der Waals surface area contributed by atoms with Crippen LogP contribution < -0.4 is 4.74 Å². The number of carbonyl (C=O) groups is 1. The summed E-state index contributed by atoms with van der Waals surface area (Å²) in [6.07, 6.45) is 5.83. The van der Waals surface area contributed by atoms with E-state index in [4.69, 9.17) is 17.0 Å². The van der Waals surface area contributed by atoms with E-state index in [9.17, 15) is 4.79 Å². The molecule has 2 aromatic heterocycles. The number of pyridine rings is 1. The second-order valence-electron chi connectivity index (χ2n) is 8.20. The Balaban J connectivity index is 1.50. The minimum atomic E-state index is -0.0429. The van der Waals surface area contributed by atoms with Crippen molar-refractivity contribution in [3.8, 4) is 17.2 Å². The van der Waals surface area contributed by atoms with Crippen LogP contribution in [0.1, 0.15) is 18.0 Å². The summed E-state index contributed by atoms with van der Waals surface area (Å²) in [7, 11) is 0. The fourth-order valence-corrected chi connectivity index (χ4v) is 4.88. The van der Waals surface area contributed by atoms with E-state index in [1.54, 1.807) is 6.20 Å². The smallest absolute Gasteiger partial charge is 0.246 e. The molecule has 0 saturated carbocycles. The maximum atomic E-state index is 12.1. The van der Waals surface area contributed by atoms with Crippen LogP contribution in [0.3, 0.4) is 0 Å². The van der Waals surface area contributed by atoms with Crippen LogP contribution in [0.4, 0.5) is 0 Å². The molecule has 1 atom stereocenters. The summed E-state index contributed by atoms with van der Waals surface area (Å²) in [6.45, 7) is 6.96. The van der Waals surface area contributed by atoms with Crippen molar-refractivity contribution >= 4 is 29.2 Å². The van der Waals surface area contributed by atoms with E-state index in [-0.39, 0.29) is 11.9 Å². The monoisotopic (exact) mass is 456 g/mol. The van der Waals surface area contributed by atoms with E-state index in [0.717, 1.165) is 40.2 Å². The first-order valence-corrected chi connectivity index (χ1v) is 11.3. The molecule has 0 N–H and O–H groups in total. The van der Waals surface area contributed by atoms with Crippen molar-refractivity contribution in [2.75, 3.05) is 13.1 Å². The van der Waals surface area contributed by atoms with Crippen LogP contribution in [0.5, 0.6) is 11.5 Å². The third-order valence-electron chi connectivity index (χ3n) is 6.01. The van der Waals surface area contributed by atoms with Gasteiger partial charge >= 0.3 is 0 Å². The topological polar surface area (TPSA) is 52.3 Å². The van der Waals surface area contributed by atoms with Gasteiger partial charge in [-0.1, -0.05) is 18.7 Å². The number of aromatic nitrogens is 3. The molecule has 33 heavy (non-hydrogen) atoms. The molecular weight excluding hydrogens is 432 g/mol. The Bertz CT molecular complexity index is 1400. The van der Waals surface area contributed by atoms with Gasteiger partial charge in [0, 0.05) is 25.0 Å². The van der Waals surface area contributed by atoms with Crippen molar-refractivity contribution in [2.24, 2.45) is 0 Å². The summed E-state index contributed by atoms with van der Waals surface area (Å²) in [5.41, 5.74) is 4.03. The molecule has 5 rings (SSSR count). The first kappa shape index (κ1) is 21.2. The number of rotatable bonds is 5. The molecule has 1 unspecified atom stereocenters. The summed E-state index contributed by atoms with van der Waals surface area (Å²) in [4.78, 5) is 18.2. The van der Waals surface area contributed by atoms with Crippen molar-refractivity contribution in [1.29, 1.82) is 0 Å². The zero-order chi connectivity index (χ0) is 22.9. The molecule has 3 heterocycles. The summed E-state index contributed by atoms with van der Waals surface area (Å²) >= 11 is 5.94. The number of aryl methyl sites for hydroxylation is 1. The number of hydrogen-bond acceptors (Lipinski definition) is 4. The number of amides is 1. The van der Waals surface area contributed by atoms with Gasteiger partial charge in [-0.15, -0.1) is 0 Å².